The molecule has 2 N–H and O–H groups in total. The first-order valence-electron chi connectivity index (χ1n) is 9.27. The van der Waals surface area contributed by atoms with Crippen LogP contribution in [0.2, 0.25) is 0 Å². The van der Waals surface area contributed by atoms with Crippen LogP contribution in [0.3, 0.4) is 0 Å². The van der Waals surface area contributed by atoms with Gasteiger partial charge in [-0.05, 0) is 25.0 Å². The third kappa shape index (κ3) is 2.76. The van der Waals surface area contributed by atoms with Gasteiger partial charge in [-0.1, -0.05) is 36.4 Å². The number of hydrogen-bond donors (Lipinski definition) is 2. The van der Waals surface area contributed by atoms with E-state index in [0.29, 0.717) is 12.1 Å². The monoisotopic (exact) mass is 366 g/mol. The summed E-state index contributed by atoms with van der Waals surface area (Å²) < 4.78 is 30.9. The fourth-order valence-electron chi connectivity index (χ4n) is 4.01. The molecule has 2 aliphatic rings. The molecular weight excluding hydrogens is 346 g/mol. The Hall–Kier alpha value is -2.89. The van der Waals surface area contributed by atoms with Crippen LogP contribution in [0.4, 0.5) is 20.2 Å². The summed E-state index contributed by atoms with van der Waals surface area (Å²) in [6.45, 7) is 0.828. The van der Waals surface area contributed by atoms with Gasteiger partial charge in [-0.2, -0.15) is 5.10 Å². The summed E-state index contributed by atoms with van der Waals surface area (Å²) >= 11 is 0. The second-order valence-electron chi connectivity index (χ2n) is 7.15. The van der Waals surface area contributed by atoms with E-state index in [-0.39, 0.29) is 18.2 Å². The van der Waals surface area contributed by atoms with Crippen LogP contribution >= 0.6 is 0 Å². The standard InChI is InChI=1S/C21H20F2N4/c22-21(23)11-9-19(25-18-8-4-2-6-16(18)21)27-13-14-10-12-24-17-7-3-1-5-15(17)20(14)26-27/h1-8,13,19,24-25H,9-12H2. The highest BCUT2D eigenvalue weighted by Crippen LogP contribution is 2.43. The van der Waals surface area contributed by atoms with Gasteiger partial charge in [0.25, 0.3) is 5.92 Å². The Balaban J connectivity index is 1.55. The molecule has 5 rings (SSSR count). The molecule has 0 amide bonds. The van der Waals surface area contributed by atoms with Crippen molar-refractivity contribution in [1.82, 2.24) is 9.78 Å². The lowest BCUT2D eigenvalue weighted by molar-refractivity contribution is -0.0150. The number of para-hydroxylation sites is 2. The number of halogens is 2. The summed E-state index contributed by atoms with van der Waals surface area (Å²) in [5, 5.41) is 11.5. The van der Waals surface area contributed by atoms with Crippen molar-refractivity contribution in [2.45, 2.75) is 31.4 Å². The van der Waals surface area contributed by atoms with Crippen molar-refractivity contribution in [2.75, 3.05) is 17.2 Å². The lowest BCUT2D eigenvalue weighted by Crippen LogP contribution is -2.18. The molecule has 1 aromatic heterocycles. The van der Waals surface area contributed by atoms with Crippen LogP contribution in [0.5, 0.6) is 0 Å². The van der Waals surface area contributed by atoms with E-state index in [4.69, 9.17) is 5.10 Å². The normalized spacial score (nSPS) is 20.1. The van der Waals surface area contributed by atoms with Gasteiger partial charge in [-0.15, -0.1) is 0 Å². The molecule has 0 aliphatic carbocycles. The molecule has 0 radical (unpaired) electrons. The van der Waals surface area contributed by atoms with E-state index < -0.39 is 5.92 Å². The van der Waals surface area contributed by atoms with Crippen molar-refractivity contribution < 1.29 is 8.78 Å². The number of rotatable bonds is 1. The number of nitrogens with one attached hydrogen (secondary N) is 2. The Labute approximate surface area is 156 Å². The lowest BCUT2D eigenvalue weighted by Gasteiger charge is -2.18. The van der Waals surface area contributed by atoms with Gasteiger partial charge in [0.1, 0.15) is 6.17 Å². The molecule has 138 valence electrons. The fraction of sp³-hybridized carbons (Fsp3) is 0.286. The minimum Gasteiger partial charge on any atom is -0.384 e. The van der Waals surface area contributed by atoms with Crippen LogP contribution in [-0.2, 0) is 12.3 Å². The van der Waals surface area contributed by atoms with Crippen LogP contribution in [0.25, 0.3) is 11.3 Å². The van der Waals surface area contributed by atoms with E-state index in [1.54, 1.807) is 18.2 Å². The van der Waals surface area contributed by atoms with Gasteiger partial charge in [0.05, 0.1) is 5.69 Å². The molecule has 3 aromatic rings. The second kappa shape index (κ2) is 6.08. The fourth-order valence-corrected chi connectivity index (χ4v) is 4.01. The van der Waals surface area contributed by atoms with Crippen LogP contribution < -0.4 is 10.6 Å². The maximum Gasteiger partial charge on any atom is 0.275 e. The topological polar surface area (TPSA) is 41.9 Å². The zero-order valence-corrected chi connectivity index (χ0v) is 14.8. The van der Waals surface area contributed by atoms with E-state index in [9.17, 15) is 8.78 Å². The Morgan fingerprint density at radius 2 is 1.81 bits per heavy atom. The highest BCUT2D eigenvalue weighted by Gasteiger charge is 2.38. The van der Waals surface area contributed by atoms with Crippen molar-refractivity contribution >= 4 is 11.4 Å². The summed E-state index contributed by atoms with van der Waals surface area (Å²) in [7, 11) is 0. The van der Waals surface area contributed by atoms with Gasteiger partial charge in [0, 0.05) is 47.2 Å². The number of aromatic nitrogens is 2. The number of anilines is 2. The summed E-state index contributed by atoms with van der Waals surface area (Å²) in [5.41, 5.74) is 4.74. The number of benzene rings is 2. The average molecular weight is 366 g/mol. The van der Waals surface area contributed by atoms with E-state index in [1.807, 2.05) is 35.1 Å². The van der Waals surface area contributed by atoms with E-state index in [1.165, 1.54) is 6.07 Å². The molecule has 0 saturated carbocycles. The van der Waals surface area contributed by atoms with E-state index >= 15 is 0 Å². The minimum absolute atomic E-state index is 0.0655. The smallest absolute Gasteiger partial charge is 0.275 e. The number of alkyl halides is 2. The molecule has 2 aliphatic heterocycles. The highest BCUT2D eigenvalue weighted by molar-refractivity contribution is 5.78. The van der Waals surface area contributed by atoms with Gasteiger partial charge in [-0.3, -0.25) is 0 Å². The molecule has 0 spiro atoms. The zero-order chi connectivity index (χ0) is 18.4. The summed E-state index contributed by atoms with van der Waals surface area (Å²) in [5.74, 6) is -2.83. The first-order chi connectivity index (χ1) is 13.1. The first-order valence-corrected chi connectivity index (χ1v) is 9.27. The van der Waals surface area contributed by atoms with Crippen molar-refractivity contribution in [2.24, 2.45) is 0 Å². The van der Waals surface area contributed by atoms with Crippen molar-refractivity contribution in [3.63, 3.8) is 0 Å². The first kappa shape index (κ1) is 16.3. The molecule has 0 fully saturated rings. The van der Waals surface area contributed by atoms with E-state index in [2.05, 4.69) is 10.6 Å². The van der Waals surface area contributed by atoms with Crippen molar-refractivity contribution in [1.29, 1.82) is 0 Å². The van der Waals surface area contributed by atoms with Gasteiger partial charge in [-0.25, -0.2) is 13.5 Å². The third-order valence-corrected chi connectivity index (χ3v) is 5.39. The zero-order valence-electron chi connectivity index (χ0n) is 14.8. The summed E-state index contributed by atoms with van der Waals surface area (Å²) in [6.07, 6.45) is 2.66. The number of nitrogens with zero attached hydrogens (tertiary/aromatic N) is 2. The van der Waals surface area contributed by atoms with Crippen LogP contribution in [-0.4, -0.2) is 16.3 Å². The summed E-state index contributed by atoms with van der Waals surface area (Å²) in [4.78, 5) is 0. The summed E-state index contributed by atoms with van der Waals surface area (Å²) in [6, 6.07) is 14.8. The van der Waals surface area contributed by atoms with Gasteiger partial charge in [0.15, 0.2) is 0 Å². The maximum absolute atomic E-state index is 14.5. The second-order valence-corrected chi connectivity index (χ2v) is 7.15. The Bertz CT molecular complexity index is 995. The number of hydrogen-bond acceptors (Lipinski definition) is 3. The molecule has 27 heavy (non-hydrogen) atoms. The van der Waals surface area contributed by atoms with Crippen LogP contribution in [0.15, 0.2) is 54.7 Å². The third-order valence-electron chi connectivity index (χ3n) is 5.39. The SMILES string of the molecule is FC1(F)CCC(n2cc3c(n2)-c2ccccc2NCC3)Nc2ccccc21. The molecule has 6 heteroatoms. The predicted molar refractivity (Wildman–Crippen MR) is 102 cm³/mol. The minimum atomic E-state index is -2.83. The van der Waals surface area contributed by atoms with Gasteiger partial charge in [0.2, 0.25) is 0 Å². The van der Waals surface area contributed by atoms with Crippen molar-refractivity contribution in [3.8, 4) is 11.3 Å². The molecule has 3 heterocycles. The molecule has 1 unspecified atom stereocenters. The molecule has 0 saturated heterocycles. The highest BCUT2D eigenvalue weighted by atomic mass is 19.3. The lowest BCUT2D eigenvalue weighted by atomic mass is 10.0. The Morgan fingerprint density at radius 3 is 2.70 bits per heavy atom. The van der Waals surface area contributed by atoms with Crippen LogP contribution in [0, 0.1) is 0 Å². The van der Waals surface area contributed by atoms with Crippen LogP contribution in [0.1, 0.15) is 30.1 Å². The molecule has 4 nitrogen and oxygen atoms in total. The average Bonchev–Trinajstić information content (AvgIpc) is 2.94. The molecule has 1 atom stereocenters. The Kier molecular flexibility index (Phi) is 3.67. The van der Waals surface area contributed by atoms with Crippen molar-refractivity contribution in [3.05, 3.63) is 65.9 Å². The van der Waals surface area contributed by atoms with Gasteiger partial charge < -0.3 is 10.6 Å². The molecule has 0 bridgehead atoms. The Morgan fingerprint density at radius 1 is 1.04 bits per heavy atom. The van der Waals surface area contributed by atoms with E-state index in [0.717, 1.165) is 35.5 Å². The quantitative estimate of drug-likeness (QED) is 0.636. The number of fused-ring (bicyclic) bond motifs is 4. The predicted octanol–water partition coefficient (Wildman–Crippen LogP) is 5.01. The largest absolute Gasteiger partial charge is 0.384 e. The molecular formula is C21H20F2N4. The van der Waals surface area contributed by atoms with Gasteiger partial charge >= 0.3 is 0 Å². The molecule has 2 aromatic carbocycles. The maximum atomic E-state index is 14.5.